The molecule has 0 bridgehead atoms. The third kappa shape index (κ3) is 4.65. The Morgan fingerprint density at radius 1 is 1.23 bits per heavy atom. The normalized spacial score (nSPS) is 23.3. The van der Waals surface area contributed by atoms with E-state index in [2.05, 4.69) is 34.9 Å². The van der Waals surface area contributed by atoms with Crippen LogP contribution in [0.15, 0.2) is 6.07 Å². The Labute approximate surface area is 158 Å². The van der Waals surface area contributed by atoms with Crippen LogP contribution in [0.3, 0.4) is 0 Å². The number of likely N-dealkylation sites (N-methyl/N-ethyl adjacent to an activating group) is 1. The van der Waals surface area contributed by atoms with Crippen molar-refractivity contribution in [2.24, 2.45) is 5.92 Å². The summed E-state index contributed by atoms with van der Waals surface area (Å²) >= 11 is 0. The highest BCUT2D eigenvalue weighted by Gasteiger charge is 2.32. The Bertz CT molecular complexity index is 605. The van der Waals surface area contributed by atoms with Gasteiger partial charge in [0.15, 0.2) is 0 Å². The zero-order valence-corrected chi connectivity index (χ0v) is 16.9. The highest BCUT2D eigenvalue weighted by molar-refractivity contribution is 5.78. The van der Waals surface area contributed by atoms with Gasteiger partial charge >= 0.3 is 0 Å². The zero-order valence-electron chi connectivity index (χ0n) is 16.9. The van der Waals surface area contributed by atoms with E-state index in [0.717, 1.165) is 50.4 Å². The lowest BCUT2D eigenvalue weighted by Gasteiger charge is -2.41. The highest BCUT2D eigenvalue weighted by atomic mass is 16.2. The van der Waals surface area contributed by atoms with Crippen molar-refractivity contribution in [3.63, 3.8) is 0 Å². The quantitative estimate of drug-likeness (QED) is 0.802. The molecule has 26 heavy (non-hydrogen) atoms. The standard InChI is InChI=1S/C20H35N5O/c1-16-14-17(2)25(21-16)13-12-23(4)20(26)18-6-5-9-24(15-18)19-7-10-22(3)11-8-19/h14,18-19H,5-13,15H2,1-4H3/t18-/m0/s1. The number of carbonyl (C=O) groups is 1. The van der Waals surface area contributed by atoms with Gasteiger partial charge in [-0.1, -0.05) is 0 Å². The van der Waals surface area contributed by atoms with Crippen molar-refractivity contribution in [2.75, 3.05) is 46.8 Å². The van der Waals surface area contributed by atoms with E-state index >= 15 is 0 Å². The number of likely N-dealkylation sites (tertiary alicyclic amines) is 2. The second kappa shape index (κ2) is 8.53. The van der Waals surface area contributed by atoms with E-state index < -0.39 is 0 Å². The maximum atomic E-state index is 13.0. The lowest BCUT2D eigenvalue weighted by atomic mass is 9.93. The summed E-state index contributed by atoms with van der Waals surface area (Å²) in [4.78, 5) is 19.9. The minimum Gasteiger partial charge on any atom is -0.344 e. The summed E-state index contributed by atoms with van der Waals surface area (Å²) in [6.07, 6.45) is 4.66. The van der Waals surface area contributed by atoms with E-state index in [-0.39, 0.29) is 5.92 Å². The number of carbonyl (C=O) groups excluding carboxylic acids is 1. The summed E-state index contributed by atoms with van der Waals surface area (Å²) in [6, 6.07) is 2.75. The molecule has 0 spiro atoms. The fraction of sp³-hybridized carbons (Fsp3) is 0.800. The van der Waals surface area contributed by atoms with Crippen molar-refractivity contribution in [2.45, 2.75) is 52.1 Å². The average Bonchev–Trinajstić information content (AvgIpc) is 2.97. The Balaban J connectivity index is 1.50. The highest BCUT2D eigenvalue weighted by Crippen LogP contribution is 2.24. The van der Waals surface area contributed by atoms with Crippen molar-refractivity contribution in [1.29, 1.82) is 0 Å². The third-order valence-corrected chi connectivity index (χ3v) is 6.13. The first kappa shape index (κ1) is 19.4. The van der Waals surface area contributed by atoms with Gasteiger partial charge < -0.3 is 9.80 Å². The maximum Gasteiger partial charge on any atom is 0.226 e. The number of aromatic nitrogens is 2. The van der Waals surface area contributed by atoms with E-state index in [1.165, 1.54) is 25.9 Å². The molecular formula is C20H35N5O. The van der Waals surface area contributed by atoms with E-state index in [1.807, 2.05) is 23.6 Å². The van der Waals surface area contributed by atoms with E-state index in [4.69, 9.17) is 0 Å². The van der Waals surface area contributed by atoms with Gasteiger partial charge in [-0.2, -0.15) is 5.10 Å². The van der Waals surface area contributed by atoms with Crippen LogP contribution < -0.4 is 0 Å². The molecule has 6 nitrogen and oxygen atoms in total. The van der Waals surface area contributed by atoms with Crippen molar-refractivity contribution in [3.8, 4) is 0 Å². The van der Waals surface area contributed by atoms with E-state index in [0.29, 0.717) is 11.9 Å². The minimum absolute atomic E-state index is 0.161. The first-order chi connectivity index (χ1) is 12.4. The fourth-order valence-electron chi connectivity index (χ4n) is 4.47. The zero-order chi connectivity index (χ0) is 18.7. The number of hydrogen-bond acceptors (Lipinski definition) is 4. The molecule has 1 aromatic rings. The SMILES string of the molecule is Cc1cc(C)n(CCN(C)C(=O)[C@H]2CCCN(C3CCN(C)CC3)C2)n1. The van der Waals surface area contributed by atoms with Gasteiger partial charge in [0.1, 0.15) is 0 Å². The van der Waals surface area contributed by atoms with E-state index in [9.17, 15) is 4.79 Å². The summed E-state index contributed by atoms with van der Waals surface area (Å²) in [5.41, 5.74) is 2.20. The molecule has 6 heteroatoms. The Morgan fingerprint density at radius 3 is 2.62 bits per heavy atom. The lowest BCUT2D eigenvalue weighted by molar-refractivity contribution is -0.136. The predicted octanol–water partition coefficient (Wildman–Crippen LogP) is 1.76. The van der Waals surface area contributed by atoms with Gasteiger partial charge in [0.2, 0.25) is 5.91 Å². The molecule has 0 N–H and O–H groups in total. The van der Waals surface area contributed by atoms with Gasteiger partial charge in [-0.15, -0.1) is 0 Å². The first-order valence-corrected chi connectivity index (χ1v) is 10.1. The summed E-state index contributed by atoms with van der Waals surface area (Å²) in [7, 11) is 4.15. The number of hydrogen-bond donors (Lipinski definition) is 0. The lowest BCUT2D eigenvalue weighted by Crippen LogP contribution is -2.50. The molecule has 0 saturated carbocycles. The van der Waals surface area contributed by atoms with Crippen molar-refractivity contribution >= 4 is 5.91 Å². The molecule has 146 valence electrons. The molecule has 2 aliphatic heterocycles. The van der Waals surface area contributed by atoms with Gasteiger partial charge in [0.25, 0.3) is 0 Å². The van der Waals surface area contributed by atoms with Gasteiger partial charge in [-0.25, -0.2) is 0 Å². The number of amides is 1. The smallest absolute Gasteiger partial charge is 0.226 e. The van der Waals surface area contributed by atoms with Crippen LogP contribution in [0.5, 0.6) is 0 Å². The minimum atomic E-state index is 0.161. The van der Waals surface area contributed by atoms with E-state index in [1.54, 1.807) is 0 Å². The Morgan fingerprint density at radius 2 is 1.96 bits per heavy atom. The Kier molecular flexibility index (Phi) is 6.35. The molecule has 3 heterocycles. The average molecular weight is 362 g/mol. The molecule has 2 fully saturated rings. The Hall–Kier alpha value is -1.40. The number of piperidine rings is 2. The molecule has 1 atom stereocenters. The third-order valence-electron chi connectivity index (χ3n) is 6.13. The van der Waals surface area contributed by atoms with Crippen LogP contribution in [-0.2, 0) is 11.3 Å². The second-order valence-electron chi connectivity index (χ2n) is 8.28. The summed E-state index contributed by atoms with van der Waals surface area (Å²) in [5, 5.41) is 4.50. The fourth-order valence-corrected chi connectivity index (χ4v) is 4.47. The molecule has 2 saturated heterocycles. The molecule has 0 aromatic carbocycles. The van der Waals surface area contributed by atoms with Gasteiger partial charge in [-0.05, 0) is 72.3 Å². The van der Waals surface area contributed by atoms with Crippen molar-refractivity contribution in [3.05, 3.63) is 17.5 Å². The molecule has 3 rings (SSSR count). The topological polar surface area (TPSA) is 44.6 Å². The second-order valence-corrected chi connectivity index (χ2v) is 8.28. The largest absolute Gasteiger partial charge is 0.344 e. The van der Waals surface area contributed by atoms with Crippen LogP contribution in [-0.4, -0.2) is 83.2 Å². The van der Waals surface area contributed by atoms with Crippen LogP contribution in [0.25, 0.3) is 0 Å². The summed E-state index contributed by atoms with van der Waals surface area (Å²) in [6.45, 7) is 10.1. The number of nitrogens with zero attached hydrogens (tertiary/aromatic N) is 5. The van der Waals surface area contributed by atoms with Crippen LogP contribution in [0, 0.1) is 19.8 Å². The predicted molar refractivity (Wildman–Crippen MR) is 104 cm³/mol. The number of rotatable bonds is 5. The van der Waals surface area contributed by atoms with Gasteiger partial charge in [-0.3, -0.25) is 14.4 Å². The molecule has 1 aromatic heterocycles. The molecule has 1 amide bonds. The molecule has 2 aliphatic rings. The van der Waals surface area contributed by atoms with Crippen LogP contribution >= 0.6 is 0 Å². The van der Waals surface area contributed by atoms with Gasteiger partial charge in [0, 0.05) is 31.9 Å². The molecule has 0 radical (unpaired) electrons. The summed E-state index contributed by atoms with van der Waals surface area (Å²) in [5.74, 6) is 0.470. The van der Waals surface area contributed by atoms with Gasteiger partial charge in [0.05, 0.1) is 18.2 Å². The van der Waals surface area contributed by atoms with Crippen LogP contribution in [0.4, 0.5) is 0 Å². The monoisotopic (exact) mass is 361 g/mol. The molecule has 0 unspecified atom stereocenters. The van der Waals surface area contributed by atoms with Crippen LogP contribution in [0.2, 0.25) is 0 Å². The van der Waals surface area contributed by atoms with Crippen molar-refractivity contribution in [1.82, 2.24) is 24.5 Å². The van der Waals surface area contributed by atoms with Crippen molar-refractivity contribution < 1.29 is 4.79 Å². The number of aryl methyl sites for hydroxylation is 2. The molecular weight excluding hydrogens is 326 g/mol. The molecule has 0 aliphatic carbocycles. The maximum absolute atomic E-state index is 13.0. The first-order valence-electron chi connectivity index (χ1n) is 10.1. The van der Waals surface area contributed by atoms with Crippen LogP contribution in [0.1, 0.15) is 37.1 Å². The summed E-state index contributed by atoms with van der Waals surface area (Å²) < 4.78 is 2.00.